The lowest BCUT2D eigenvalue weighted by molar-refractivity contribution is -0.120. The van der Waals surface area contributed by atoms with Crippen LogP contribution in [0.4, 0.5) is 5.69 Å². The van der Waals surface area contributed by atoms with E-state index in [1.807, 2.05) is 24.3 Å². The van der Waals surface area contributed by atoms with Gasteiger partial charge in [-0.05, 0) is 44.1 Å². The van der Waals surface area contributed by atoms with Crippen molar-refractivity contribution in [1.82, 2.24) is 0 Å². The molecule has 100 valence electrons. The van der Waals surface area contributed by atoms with E-state index in [0.29, 0.717) is 5.71 Å². The van der Waals surface area contributed by atoms with Gasteiger partial charge >= 0.3 is 0 Å². The van der Waals surface area contributed by atoms with Gasteiger partial charge in [-0.3, -0.25) is 4.79 Å². The Bertz CT molecular complexity index is 529. The van der Waals surface area contributed by atoms with Gasteiger partial charge in [-0.15, -0.1) is 0 Å². The van der Waals surface area contributed by atoms with Gasteiger partial charge in [0.2, 0.25) is 5.91 Å². The molecule has 2 unspecified atom stereocenters. The molecule has 2 fully saturated rings. The molecule has 4 nitrogen and oxygen atoms in total. The van der Waals surface area contributed by atoms with Gasteiger partial charge in [-0.1, -0.05) is 23.4 Å². The summed E-state index contributed by atoms with van der Waals surface area (Å²) in [6.45, 7) is 1.72. The van der Waals surface area contributed by atoms with Crippen molar-refractivity contribution >= 4 is 17.3 Å². The molecule has 0 aliphatic heterocycles. The summed E-state index contributed by atoms with van der Waals surface area (Å²) in [6, 6.07) is 7.43. The third kappa shape index (κ3) is 2.35. The summed E-state index contributed by atoms with van der Waals surface area (Å²) in [6.07, 6.45) is 3.38. The molecule has 0 bridgehead atoms. The van der Waals surface area contributed by atoms with Gasteiger partial charge in [0.15, 0.2) is 0 Å². The molecule has 4 heteroatoms. The third-order valence-corrected chi connectivity index (χ3v) is 4.34. The number of carbonyl (C=O) groups excluding carboxylic acids is 1. The van der Waals surface area contributed by atoms with Crippen LogP contribution in [0.15, 0.2) is 29.4 Å². The van der Waals surface area contributed by atoms with Crippen molar-refractivity contribution in [3.8, 4) is 0 Å². The standard InChI is InChI=1S/C15H18N2O2/c1-9(17-19)13-4-2-3-5-14(13)16-15(18)12-7-10-6-11(10)8-12/h2-5,10-12,19H,6-8H2,1H3,(H,16,18). The fourth-order valence-corrected chi connectivity index (χ4v) is 3.13. The number of oxime groups is 1. The SMILES string of the molecule is CC(=NO)c1ccccc1NC(=O)C1CC2CC2C1. The molecule has 2 aliphatic carbocycles. The van der Waals surface area contributed by atoms with Crippen molar-refractivity contribution in [1.29, 1.82) is 0 Å². The first kappa shape index (κ1) is 12.2. The fraction of sp³-hybridized carbons (Fsp3) is 0.467. The van der Waals surface area contributed by atoms with E-state index < -0.39 is 0 Å². The molecule has 1 aromatic carbocycles. The van der Waals surface area contributed by atoms with Crippen LogP contribution in [-0.2, 0) is 4.79 Å². The lowest BCUT2D eigenvalue weighted by Gasteiger charge is -2.14. The van der Waals surface area contributed by atoms with E-state index in [1.54, 1.807) is 6.92 Å². The number of amides is 1. The van der Waals surface area contributed by atoms with Crippen LogP contribution in [0, 0.1) is 17.8 Å². The van der Waals surface area contributed by atoms with Gasteiger partial charge in [0.1, 0.15) is 0 Å². The second kappa shape index (κ2) is 4.68. The summed E-state index contributed by atoms with van der Waals surface area (Å²) < 4.78 is 0. The first-order valence-corrected chi connectivity index (χ1v) is 6.78. The predicted molar refractivity (Wildman–Crippen MR) is 73.4 cm³/mol. The van der Waals surface area contributed by atoms with Crippen molar-refractivity contribution in [3.05, 3.63) is 29.8 Å². The maximum atomic E-state index is 12.2. The Morgan fingerprint density at radius 2 is 1.95 bits per heavy atom. The zero-order chi connectivity index (χ0) is 13.4. The number of rotatable bonds is 3. The second-order valence-corrected chi connectivity index (χ2v) is 5.64. The first-order chi connectivity index (χ1) is 9.19. The highest BCUT2D eigenvalue weighted by atomic mass is 16.4. The van der Waals surface area contributed by atoms with E-state index in [4.69, 9.17) is 5.21 Å². The molecule has 19 heavy (non-hydrogen) atoms. The minimum Gasteiger partial charge on any atom is -0.411 e. The van der Waals surface area contributed by atoms with Crippen LogP contribution in [0.25, 0.3) is 0 Å². The number of hydrogen-bond acceptors (Lipinski definition) is 3. The molecule has 0 radical (unpaired) electrons. The molecule has 0 heterocycles. The Morgan fingerprint density at radius 1 is 1.26 bits per heavy atom. The van der Waals surface area contributed by atoms with E-state index in [9.17, 15) is 4.79 Å². The summed E-state index contributed by atoms with van der Waals surface area (Å²) in [4.78, 5) is 12.2. The number of hydrogen-bond donors (Lipinski definition) is 2. The third-order valence-electron chi connectivity index (χ3n) is 4.34. The normalized spacial score (nSPS) is 28.9. The Labute approximate surface area is 112 Å². The summed E-state index contributed by atoms with van der Waals surface area (Å²) in [5, 5.41) is 15.1. The highest BCUT2D eigenvalue weighted by molar-refractivity contribution is 6.06. The number of nitrogens with one attached hydrogen (secondary N) is 1. The summed E-state index contributed by atoms with van der Waals surface area (Å²) >= 11 is 0. The highest BCUT2D eigenvalue weighted by Gasteiger charge is 2.48. The highest BCUT2D eigenvalue weighted by Crippen LogP contribution is 2.54. The number of anilines is 1. The topological polar surface area (TPSA) is 61.7 Å². The fourth-order valence-electron chi connectivity index (χ4n) is 3.13. The zero-order valence-corrected chi connectivity index (χ0v) is 11.0. The van der Waals surface area contributed by atoms with Gasteiger partial charge in [0.05, 0.1) is 5.71 Å². The van der Waals surface area contributed by atoms with Crippen LogP contribution in [0.2, 0.25) is 0 Å². The van der Waals surface area contributed by atoms with Crippen molar-refractivity contribution in [2.75, 3.05) is 5.32 Å². The van der Waals surface area contributed by atoms with Crippen LogP contribution in [0.1, 0.15) is 31.7 Å². The molecule has 2 saturated carbocycles. The largest absolute Gasteiger partial charge is 0.411 e. The molecule has 1 aromatic rings. The lowest BCUT2D eigenvalue weighted by Crippen LogP contribution is -2.22. The van der Waals surface area contributed by atoms with E-state index in [0.717, 1.165) is 35.9 Å². The molecular weight excluding hydrogens is 240 g/mol. The Balaban J connectivity index is 1.74. The molecule has 0 spiro atoms. The quantitative estimate of drug-likeness (QED) is 0.497. The predicted octanol–water partition coefficient (Wildman–Crippen LogP) is 2.87. The van der Waals surface area contributed by atoms with Gasteiger partial charge in [0, 0.05) is 17.2 Å². The summed E-state index contributed by atoms with van der Waals surface area (Å²) in [7, 11) is 0. The molecule has 0 saturated heterocycles. The molecule has 0 aromatic heterocycles. The van der Waals surface area contributed by atoms with Crippen molar-refractivity contribution in [2.45, 2.75) is 26.2 Å². The summed E-state index contributed by atoms with van der Waals surface area (Å²) in [5.41, 5.74) is 2.00. The van der Waals surface area contributed by atoms with Crippen molar-refractivity contribution < 1.29 is 10.0 Å². The number of benzene rings is 1. The monoisotopic (exact) mass is 258 g/mol. The first-order valence-electron chi connectivity index (χ1n) is 6.78. The number of carbonyl (C=O) groups is 1. The van der Waals surface area contributed by atoms with Crippen LogP contribution in [0.5, 0.6) is 0 Å². The van der Waals surface area contributed by atoms with Crippen molar-refractivity contribution in [3.63, 3.8) is 0 Å². The molecule has 2 N–H and O–H groups in total. The van der Waals surface area contributed by atoms with Gasteiger partial charge in [-0.25, -0.2) is 0 Å². The second-order valence-electron chi connectivity index (χ2n) is 5.64. The van der Waals surface area contributed by atoms with Gasteiger partial charge in [0.25, 0.3) is 0 Å². The molecule has 2 atom stereocenters. The smallest absolute Gasteiger partial charge is 0.227 e. The maximum absolute atomic E-state index is 12.2. The number of para-hydroxylation sites is 1. The molecule has 3 rings (SSSR count). The van der Waals surface area contributed by atoms with Crippen LogP contribution >= 0.6 is 0 Å². The number of nitrogens with zero attached hydrogens (tertiary/aromatic N) is 1. The summed E-state index contributed by atoms with van der Waals surface area (Å²) in [5.74, 6) is 1.85. The number of fused-ring (bicyclic) bond motifs is 1. The van der Waals surface area contributed by atoms with E-state index in [2.05, 4.69) is 10.5 Å². The minimum atomic E-state index is 0.102. The van der Waals surface area contributed by atoms with E-state index >= 15 is 0 Å². The molecule has 2 aliphatic rings. The van der Waals surface area contributed by atoms with Crippen LogP contribution in [-0.4, -0.2) is 16.8 Å². The average molecular weight is 258 g/mol. The minimum absolute atomic E-state index is 0.102. The van der Waals surface area contributed by atoms with E-state index in [1.165, 1.54) is 6.42 Å². The molecular formula is C15H18N2O2. The lowest BCUT2D eigenvalue weighted by atomic mass is 10.0. The maximum Gasteiger partial charge on any atom is 0.227 e. The van der Waals surface area contributed by atoms with Crippen LogP contribution in [0.3, 0.4) is 0 Å². The molecule has 1 amide bonds. The van der Waals surface area contributed by atoms with Crippen molar-refractivity contribution in [2.24, 2.45) is 22.9 Å². The zero-order valence-electron chi connectivity index (χ0n) is 11.0. The van der Waals surface area contributed by atoms with Gasteiger partial charge in [-0.2, -0.15) is 0 Å². The van der Waals surface area contributed by atoms with E-state index in [-0.39, 0.29) is 11.8 Å². The van der Waals surface area contributed by atoms with Gasteiger partial charge < -0.3 is 10.5 Å². The Kier molecular flexibility index (Phi) is 3.01. The average Bonchev–Trinajstić information content (AvgIpc) is 3.05. The Morgan fingerprint density at radius 3 is 2.63 bits per heavy atom. The van der Waals surface area contributed by atoms with Crippen LogP contribution < -0.4 is 5.32 Å². The Hall–Kier alpha value is -1.84.